The molecule has 0 aromatic heterocycles. The summed E-state index contributed by atoms with van der Waals surface area (Å²) in [4.78, 5) is 4.80. The van der Waals surface area contributed by atoms with Crippen molar-refractivity contribution in [3.8, 4) is 0 Å². The fourth-order valence-electron chi connectivity index (χ4n) is 2.51. The Balaban J connectivity index is 1.92. The number of rotatable bonds is 4. The average molecular weight is 297 g/mol. The van der Waals surface area contributed by atoms with Gasteiger partial charge in [0.25, 0.3) is 0 Å². The van der Waals surface area contributed by atoms with E-state index in [9.17, 15) is 0 Å². The van der Waals surface area contributed by atoms with Gasteiger partial charge in [-0.1, -0.05) is 28.1 Å². The normalized spacial score (nSPS) is 20.8. The van der Waals surface area contributed by atoms with Gasteiger partial charge < -0.3 is 9.80 Å². The van der Waals surface area contributed by atoms with Crippen LogP contribution in [0, 0.1) is 5.92 Å². The third-order valence-corrected chi connectivity index (χ3v) is 4.20. The molecule has 0 saturated carbocycles. The van der Waals surface area contributed by atoms with Crippen LogP contribution in [0.3, 0.4) is 0 Å². The zero-order chi connectivity index (χ0) is 12.3. The quantitative estimate of drug-likeness (QED) is 0.788. The van der Waals surface area contributed by atoms with Crippen LogP contribution in [0.1, 0.15) is 12.0 Å². The Kier molecular flexibility index (Phi) is 4.46. The van der Waals surface area contributed by atoms with Gasteiger partial charge >= 0.3 is 0 Å². The lowest BCUT2D eigenvalue weighted by atomic mass is 10.1. The van der Waals surface area contributed by atoms with Crippen LogP contribution in [0.25, 0.3) is 0 Å². The number of alkyl halides is 1. The summed E-state index contributed by atoms with van der Waals surface area (Å²) in [7, 11) is 4.41. The lowest BCUT2D eigenvalue weighted by molar-refractivity contribution is 0.396. The van der Waals surface area contributed by atoms with E-state index in [-0.39, 0.29) is 0 Å². The highest BCUT2D eigenvalue weighted by Gasteiger charge is 2.20. The van der Waals surface area contributed by atoms with Crippen molar-refractivity contribution in [2.75, 3.05) is 38.6 Å². The number of hydrogen-bond acceptors (Lipinski definition) is 2. The summed E-state index contributed by atoms with van der Waals surface area (Å²) in [6.07, 6.45) is 1.33. The van der Waals surface area contributed by atoms with Gasteiger partial charge in [-0.3, -0.25) is 0 Å². The van der Waals surface area contributed by atoms with Crippen LogP contribution in [-0.4, -0.2) is 38.6 Å². The molecule has 2 nitrogen and oxygen atoms in total. The molecule has 0 N–H and O–H groups in total. The second-order valence-corrected chi connectivity index (χ2v) is 5.66. The number of anilines is 1. The van der Waals surface area contributed by atoms with E-state index in [1.807, 2.05) is 0 Å². The lowest BCUT2D eigenvalue weighted by Crippen LogP contribution is -2.27. The Morgan fingerprint density at radius 1 is 1.35 bits per heavy atom. The predicted octanol–water partition coefficient (Wildman–Crippen LogP) is 2.97. The summed E-state index contributed by atoms with van der Waals surface area (Å²) in [6.45, 7) is 3.66. The highest BCUT2D eigenvalue weighted by Crippen LogP contribution is 2.20. The van der Waals surface area contributed by atoms with Gasteiger partial charge in [0, 0.05) is 31.2 Å². The van der Waals surface area contributed by atoms with Crippen molar-refractivity contribution in [2.45, 2.75) is 11.8 Å². The third kappa shape index (κ3) is 3.46. The first-order valence-corrected chi connectivity index (χ1v) is 7.36. The van der Waals surface area contributed by atoms with Crippen molar-refractivity contribution < 1.29 is 0 Å². The molecule has 1 heterocycles. The molecule has 1 atom stereocenters. The molecule has 1 saturated heterocycles. The minimum atomic E-state index is 0.820. The van der Waals surface area contributed by atoms with E-state index in [4.69, 9.17) is 0 Å². The summed E-state index contributed by atoms with van der Waals surface area (Å²) in [5.41, 5.74) is 2.66. The first-order chi connectivity index (χ1) is 8.19. The minimum absolute atomic E-state index is 0.820. The highest BCUT2D eigenvalue weighted by atomic mass is 79.9. The zero-order valence-corrected chi connectivity index (χ0v) is 12.3. The molecule has 0 amide bonds. The first-order valence-electron chi connectivity index (χ1n) is 6.23. The first kappa shape index (κ1) is 12.9. The Morgan fingerprint density at radius 3 is 2.59 bits per heavy atom. The Labute approximate surface area is 113 Å². The molecule has 3 heteroatoms. The Bertz CT molecular complexity index is 350. The molecule has 0 spiro atoms. The zero-order valence-electron chi connectivity index (χ0n) is 10.7. The van der Waals surface area contributed by atoms with Crippen LogP contribution in [0.5, 0.6) is 0 Å². The van der Waals surface area contributed by atoms with Gasteiger partial charge in [0.15, 0.2) is 0 Å². The van der Waals surface area contributed by atoms with Crippen LogP contribution in [-0.2, 0) is 5.33 Å². The number of benzene rings is 1. The van der Waals surface area contributed by atoms with Crippen LogP contribution in [0.4, 0.5) is 5.69 Å². The lowest BCUT2D eigenvalue weighted by Gasteiger charge is -2.23. The third-order valence-electron chi connectivity index (χ3n) is 3.55. The average Bonchev–Trinajstić information content (AvgIpc) is 2.75. The highest BCUT2D eigenvalue weighted by molar-refractivity contribution is 9.08. The van der Waals surface area contributed by atoms with Crippen molar-refractivity contribution in [1.29, 1.82) is 0 Å². The summed E-state index contributed by atoms with van der Waals surface area (Å²) in [6, 6.07) is 8.83. The molecule has 0 radical (unpaired) electrons. The van der Waals surface area contributed by atoms with Crippen LogP contribution in [0.2, 0.25) is 0 Å². The number of nitrogens with zero attached hydrogens (tertiary/aromatic N) is 2. The van der Waals surface area contributed by atoms with Gasteiger partial charge in [-0.2, -0.15) is 0 Å². The van der Waals surface area contributed by atoms with Crippen LogP contribution >= 0.6 is 15.9 Å². The molecule has 17 heavy (non-hydrogen) atoms. The molecular formula is C14H21BrN2. The van der Waals surface area contributed by atoms with E-state index in [1.54, 1.807) is 0 Å². The summed E-state index contributed by atoms with van der Waals surface area (Å²) < 4.78 is 0. The summed E-state index contributed by atoms with van der Waals surface area (Å²) >= 11 is 3.48. The molecule has 1 unspecified atom stereocenters. The predicted molar refractivity (Wildman–Crippen MR) is 77.9 cm³/mol. The van der Waals surface area contributed by atoms with Gasteiger partial charge in [0.05, 0.1) is 0 Å². The molecule has 0 bridgehead atoms. The van der Waals surface area contributed by atoms with E-state index >= 15 is 0 Å². The fourth-order valence-corrected chi connectivity index (χ4v) is 2.88. The topological polar surface area (TPSA) is 6.48 Å². The number of halogens is 1. The van der Waals surface area contributed by atoms with E-state index < -0.39 is 0 Å². The summed E-state index contributed by atoms with van der Waals surface area (Å²) in [5.74, 6) is 0.820. The number of likely N-dealkylation sites (tertiary alicyclic amines) is 1. The van der Waals surface area contributed by atoms with Crippen molar-refractivity contribution in [2.24, 2.45) is 5.92 Å². The van der Waals surface area contributed by atoms with Gasteiger partial charge in [-0.05, 0) is 43.6 Å². The largest absolute Gasteiger partial charge is 0.374 e. The molecule has 1 aliphatic rings. The van der Waals surface area contributed by atoms with Gasteiger partial charge in [0.1, 0.15) is 0 Å². The van der Waals surface area contributed by atoms with Crippen LogP contribution < -0.4 is 4.90 Å². The van der Waals surface area contributed by atoms with Crippen LogP contribution in [0.15, 0.2) is 24.3 Å². The van der Waals surface area contributed by atoms with Crippen molar-refractivity contribution in [3.63, 3.8) is 0 Å². The van der Waals surface area contributed by atoms with Gasteiger partial charge in [-0.25, -0.2) is 0 Å². The monoisotopic (exact) mass is 296 g/mol. The number of hydrogen-bond donors (Lipinski definition) is 0. The van der Waals surface area contributed by atoms with E-state index in [2.05, 4.69) is 64.1 Å². The van der Waals surface area contributed by atoms with Gasteiger partial charge in [0.2, 0.25) is 0 Å². The maximum atomic E-state index is 3.48. The molecule has 1 aromatic rings. The maximum Gasteiger partial charge on any atom is 0.0363 e. The minimum Gasteiger partial charge on any atom is -0.374 e. The maximum absolute atomic E-state index is 3.48. The van der Waals surface area contributed by atoms with Crippen molar-refractivity contribution >= 4 is 21.6 Å². The van der Waals surface area contributed by atoms with E-state index in [1.165, 1.54) is 30.8 Å². The molecule has 1 fully saturated rings. The second-order valence-electron chi connectivity index (χ2n) is 5.10. The molecule has 2 rings (SSSR count). The molecule has 0 aliphatic carbocycles. The van der Waals surface area contributed by atoms with E-state index in [0.717, 1.165) is 17.8 Å². The Hall–Kier alpha value is -0.540. The standard InChI is InChI=1S/C14H21BrN2/c1-16-8-7-13(10-16)11-17(2)14-5-3-12(9-15)4-6-14/h3-6,13H,7-11H2,1-2H3. The fraction of sp³-hybridized carbons (Fsp3) is 0.571. The van der Waals surface area contributed by atoms with E-state index in [0.29, 0.717) is 0 Å². The SMILES string of the molecule is CN1CCC(CN(C)c2ccc(CBr)cc2)C1. The molecular weight excluding hydrogens is 276 g/mol. The molecule has 1 aromatic carbocycles. The van der Waals surface area contributed by atoms with Crippen molar-refractivity contribution in [1.82, 2.24) is 4.90 Å². The summed E-state index contributed by atoms with van der Waals surface area (Å²) in [5, 5.41) is 0.935. The van der Waals surface area contributed by atoms with Gasteiger partial charge in [-0.15, -0.1) is 0 Å². The molecule has 1 aliphatic heterocycles. The Morgan fingerprint density at radius 2 is 2.06 bits per heavy atom. The molecule has 94 valence electrons. The van der Waals surface area contributed by atoms with Crippen molar-refractivity contribution in [3.05, 3.63) is 29.8 Å². The smallest absolute Gasteiger partial charge is 0.0363 e. The second kappa shape index (κ2) is 5.87.